The molecule has 4 aromatic rings. The molecular weight excluding hydrogens is 414 g/mol. The average molecular weight is 452 g/mol. The highest BCUT2D eigenvalue weighted by Gasteiger charge is 2.16. The molecule has 3 nitrogen and oxygen atoms in total. The van der Waals surface area contributed by atoms with Crippen LogP contribution in [-0.2, 0) is 26.1 Å². The van der Waals surface area contributed by atoms with Crippen LogP contribution < -0.4 is 0 Å². The summed E-state index contributed by atoms with van der Waals surface area (Å²) in [7, 11) is 0. The highest BCUT2D eigenvalue weighted by molar-refractivity contribution is 5.55. The van der Waals surface area contributed by atoms with Gasteiger partial charge in [-0.2, -0.15) is 0 Å². The van der Waals surface area contributed by atoms with E-state index in [4.69, 9.17) is 4.98 Å². The predicted molar refractivity (Wildman–Crippen MR) is 143 cm³/mol. The van der Waals surface area contributed by atoms with E-state index in [1.54, 1.807) is 0 Å². The molecule has 0 fully saturated rings. The van der Waals surface area contributed by atoms with Crippen molar-refractivity contribution in [2.45, 2.75) is 59.7 Å². The maximum Gasteiger partial charge on any atom is 0.140 e. The zero-order valence-electron chi connectivity index (χ0n) is 20.9. The molecule has 0 bridgehead atoms. The number of rotatable bonds is 11. The van der Waals surface area contributed by atoms with Crippen LogP contribution in [-0.4, -0.2) is 21.0 Å². The zero-order valence-corrected chi connectivity index (χ0v) is 20.9. The van der Waals surface area contributed by atoms with E-state index >= 15 is 0 Å². The van der Waals surface area contributed by atoms with Gasteiger partial charge in [-0.25, -0.2) is 4.98 Å². The molecule has 1 heterocycles. The Morgan fingerprint density at radius 3 is 2.29 bits per heavy atom. The summed E-state index contributed by atoms with van der Waals surface area (Å²) in [6, 6.07) is 28.1. The van der Waals surface area contributed by atoms with Gasteiger partial charge in [0.2, 0.25) is 0 Å². The van der Waals surface area contributed by atoms with Crippen LogP contribution in [0.1, 0.15) is 47.7 Å². The number of benzene rings is 3. The second-order valence-electron chi connectivity index (χ2n) is 9.25. The van der Waals surface area contributed by atoms with Gasteiger partial charge in [-0.05, 0) is 48.9 Å². The third-order valence-corrected chi connectivity index (χ3v) is 6.76. The summed E-state index contributed by atoms with van der Waals surface area (Å²) >= 11 is 0. The van der Waals surface area contributed by atoms with Crippen LogP contribution in [0.15, 0.2) is 85.1 Å². The maximum atomic E-state index is 4.89. The van der Waals surface area contributed by atoms with Crippen molar-refractivity contribution in [2.75, 3.05) is 6.54 Å². The minimum absolute atomic E-state index is 0.893. The second-order valence-corrected chi connectivity index (χ2v) is 9.25. The van der Waals surface area contributed by atoms with Gasteiger partial charge in [0.05, 0.1) is 11.9 Å². The molecule has 34 heavy (non-hydrogen) atoms. The minimum Gasteiger partial charge on any atom is -0.327 e. The summed E-state index contributed by atoms with van der Waals surface area (Å²) in [6.07, 6.45) is 5.47. The van der Waals surface area contributed by atoms with Crippen LogP contribution >= 0.6 is 0 Å². The Morgan fingerprint density at radius 2 is 1.56 bits per heavy atom. The summed E-state index contributed by atoms with van der Waals surface area (Å²) in [5.41, 5.74) is 8.05. The molecule has 0 radical (unpaired) electrons. The Hall–Kier alpha value is -3.17. The lowest BCUT2D eigenvalue weighted by Crippen LogP contribution is -2.27. The average Bonchev–Trinajstić information content (AvgIpc) is 3.27. The van der Waals surface area contributed by atoms with E-state index in [1.807, 2.05) is 0 Å². The number of hydrogen-bond acceptors (Lipinski definition) is 2. The van der Waals surface area contributed by atoms with Crippen LogP contribution in [0.2, 0.25) is 0 Å². The van der Waals surface area contributed by atoms with Gasteiger partial charge in [0.25, 0.3) is 0 Å². The molecule has 4 rings (SSSR count). The van der Waals surface area contributed by atoms with Crippen molar-refractivity contribution >= 4 is 0 Å². The number of aromatic nitrogens is 2. The fourth-order valence-corrected chi connectivity index (χ4v) is 4.52. The topological polar surface area (TPSA) is 21.1 Å². The van der Waals surface area contributed by atoms with Crippen molar-refractivity contribution in [1.82, 2.24) is 14.5 Å². The van der Waals surface area contributed by atoms with Gasteiger partial charge in [-0.3, -0.25) is 4.90 Å². The first-order chi connectivity index (χ1) is 16.7. The molecule has 3 aromatic carbocycles. The largest absolute Gasteiger partial charge is 0.327 e. The Kier molecular flexibility index (Phi) is 8.32. The van der Waals surface area contributed by atoms with E-state index in [9.17, 15) is 0 Å². The highest BCUT2D eigenvalue weighted by Crippen LogP contribution is 2.23. The van der Waals surface area contributed by atoms with Crippen molar-refractivity contribution < 1.29 is 0 Å². The minimum atomic E-state index is 0.893. The predicted octanol–water partition coefficient (Wildman–Crippen LogP) is 7.21. The van der Waals surface area contributed by atoms with E-state index in [-0.39, 0.29) is 0 Å². The molecule has 1 aromatic heterocycles. The van der Waals surface area contributed by atoms with Gasteiger partial charge in [0.1, 0.15) is 5.82 Å². The number of nitrogens with zero attached hydrogens (tertiary/aromatic N) is 3. The lowest BCUT2D eigenvalue weighted by Gasteiger charge is -2.25. The normalized spacial score (nSPS) is 11.3. The first-order valence-corrected chi connectivity index (χ1v) is 12.6. The molecule has 0 saturated heterocycles. The van der Waals surface area contributed by atoms with Crippen LogP contribution in [0.25, 0.3) is 11.4 Å². The van der Waals surface area contributed by atoms with Crippen molar-refractivity contribution in [3.05, 3.63) is 113 Å². The smallest absolute Gasteiger partial charge is 0.140 e. The Bertz CT molecular complexity index is 1160. The molecule has 0 amide bonds. The molecule has 3 heteroatoms. The fraction of sp³-hybridized carbons (Fsp3) is 0.323. The molecule has 0 aliphatic rings. The number of imidazole rings is 1. The van der Waals surface area contributed by atoms with E-state index in [2.05, 4.69) is 115 Å². The molecule has 0 aliphatic heterocycles. The SMILES string of the molecule is CCCCn1c(CN(CCc2ccccc2)Cc2cccc(C)c2C)cnc1-c1ccccc1. The third-order valence-electron chi connectivity index (χ3n) is 6.76. The van der Waals surface area contributed by atoms with Crippen molar-refractivity contribution in [3.8, 4) is 11.4 Å². The molecule has 0 aliphatic carbocycles. The van der Waals surface area contributed by atoms with Crippen LogP contribution in [0.5, 0.6) is 0 Å². The number of unbranched alkanes of at least 4 members (excludes halogenated alkanes) is 1. The number of hydrogen-bond donors (Lipinski definition) is 0. The molecule has 0 atom stereocenters. The second kappa shape index (κ2) is 11.8. The molecule has 0 spiro atoms. The first kappa shape index (κ1) is 24.0. The van der Waals surface area contributed by atoms with E-state index in [0.29, 0.717) is 0 Å². The Labute approximate surface area is 205 Å². The summed E-state index contributed by atoms with van der Waals surface area (Å²) in [5.74, 6) is 1.08. The molecule has 0 saturated carbocycles. The lowest BCUT2D eigenvalue weighted by molar-refractivity contribution is 0.252. The molecule has 0 N–H and O–H groups in total. The highest BCUT2D eigenvalue weighted by atomic mass is 15.2. The summed E-state index contributed by atoms with van der Waals surface area (Å²) < 4.78 is 2.44. The zero-order chi connectivity index (χ0) is 23.8. The molecular formula is C31H37N3. The van der Waals surface area contributed by atoms with Crippen LogP contribution in [0, 0.1) is 13.8 Å². The van der Waals surface area contributed by atoms with Gasteiger partial charge in [-0.15, -0.1) is 0 Å². The van der Waals surface area contributed by atoms with Gasteiger partial charge in [0, 0.05) is 31.7 Å². The summed E-state index contributed by atoms with van der Waals surface area (Å²) in [6.45, 7) is 10.6. The van der Waals surface area contributed by atoms with Crippen LogP contribution in [0.4, 0.5) is 0 Å². The van der Waals surface area contributed by atoms with Gasteiger partial charge < -0.3 is 4.57 Å². The van der Waals surface area contributed by atoms with E-state index in [1.165, 1.54) is 39.9 Å². The summed E-state index contributed by atoms with van der Waals surface area (Å²) in [5, 5.41) is 0. The third kappa shape index (κ3) is 6.03. The van der Waals surface area contributed by atoms with Gasteiger partial charge >= 0.3 is 0 Å². The summed E-state index contributed by atoms with van der Waals surface area (Å²) in [4.78, 5) is 7.47. The van der Waals surface area contributed by atoms with Crippen molar-refractivity contribution in [2.24, 2.45) is 0 Å². The molecule has 0 unspecified atom stereocenters. The standard InChI is InChI=1S/C31H37N3/c1-4-5-20-34-30(22-32-31(34)28-16-10-7-11-17-28)24-33(21-19-27-14-8-6-9-15-27)23-29-18-12-13-25(2)26(29)3/h6-18,22H,4-5,19-21,23-24H2,1-3H3. The van der Waals surface area contributed by atoms with E-state index in [0.717, 1.165) is 44.8 Å². The van der Waals surface area contributed by atoms with E-state index < -0.39 is 0 Å². The number of aryl methyl sites for hydroxylation is 1. The quantitative estimate of drug-likeness (QED) is 0.240. The molecule has 176 valence electrons. The Balaban J connectivity index is 1.62. The Morgan fingerprint density at radius 1 is 0.824 bits per heavy atom. The monoisotopic (exact) mass is 451 g/mol. The first-order valence-electron chi connectivity index (χ1n) is 12.6. The van der Waals surface area contributed by atoms with Crippen molar-refractivity contribution in [1.29, 1.82) is 0 Å². The fourth-order valence-electron chi connectivity index (χ4n) is 4.52. The maximum absolute atomic E-state index is 4.89. The lowest BCUT2D eigenvalue weighted by atomic mass is 10.0. The van der Waals surface area contributed by atoms with Gasteiger partial charge in [-0.1, -0.05) is 92.2 Å². The van der Waals surface area contributed by atoms with Crippen LogP contribution in [0.3, 0.4) is 0 Å². The van der Waals surface area contributed by atoms with Crippen molar-refractivity contribution in [3.63, 3.8) is 0 Å². The van der Waals surface area contributed by atoms with Gasteiger partial charge in [0.15, 0.2) is 0 Å².